The lowest BCUT2D eigenvalue weighted by molar-refractivity contribution is 0.134. The first-order chi connectivity index (χ1) is 12.5. The molecule has 7 nitrogen and oxygen atoms in total. The third-order valence-corrected chi connectivity index (χ3v) is 5.32. The van der Waals surface area contributed by atoms with E-state index in [-0.39, 0.29) is 12.1 Å². The summed E-state index contributed by atoms with van der Waals surface area (Å²) in [6, 6.07) is 11.6. The van der Waals surface area contributed by atoms with E-state index in [1.807, 2.05) is 43.3 Å². The molecule has 0 spiro atoms. The van der Waals surface area contributed by atoms with Crippen LogP contribution in [0.4, 0.5) is 4.79 Å². The smallest absolute Gasteiger partial charge is 0.408 e. The molecule has 2 heterocycles. The third-order valence-electron chi connectivity index (χ3n) is 4.31. The van der Waals surface area contributed by atoms with Gasteiger partial charge in [-0.3, -0.25) is 0 Å². The average Bonchev–Trinajstić information content (AvgIpc) is 3.27. The van der Waals surface area contributed by atoms with Gasteiger partial charge in [-0.15, -0.1) is 35.5 Å². The van der Waals surface area contributed by atoms with E-state index in [2.05, 4.69) is 51.2 Å². The third kappa shape index (κ3) is 2.93. The van der Waals surface area contributed by atoms with Crippen LogP contribution in [0.15, 0.2) is 46.2 Å². The van der Waals surface area contributed by atoms with Gasteiger partial charge in [-0.05, 0) is 34.9 Å². The highest BCUT2D eigenvalue weighted by molar-refractivity contribution is 7.83. The monoisotopic (exact) mass is 385 g/mol. The van der Waals surface area contributed by atoms with Gasteiger partial charge in [-0.1, -0.05) is 30.3 Å². The standard InChI is InChI=1S/C17H15N5O2S2/c1-8-14(24-17(23)18-8)10-4-2-9(3-5-10)11-6-7-12(25)15(26)13(11)16-19-21-22-20-16/h2-8,14,25-26H,1H3,(H,18,23)(H,19,20,21,22). The first-order valence-corrected chi connectivity index (χ1v) is 8.80. The Kier molecular flexibility index (Phi) is 4.33. The zero-order chi connectivity index (χ0) is 18.3. The normalized spacial score (nSPS) is 19.3. The second-order valence-electron chi connectivity index (χ2n) is 5.97. The Balaban J connectivity index is 1.75. The largest absolute Gasteiger partial charge is 0.439 e. The molecule has 2 unspecified atom stereocenters. The highest BCUT2D eigenvalue weighted by Gasteiger charge is 2.31. The van der Waals surface area contributed by atoms with Crippen molar-refractivity contribution in [2.75, 3.05) is 0 Å². The van der Waals surface area contributed by atoms with E-state index in [0.717, 1.165) is 27.1 Å². The number of rotatable bonds is 3. The van der Waals surface area contributed by atoms with Gasteiger partial charge in [0.05, 0.1) is 6.04 Å². The van der Waals surface area contributed by atoms with Crippen LogP contribution in [-0.4, -0.2) is 32.8 Å². The van der Waals surface area contributed by atoms with Gasteiger partial charge >= 0.3 is 6.09 Å². The number of aromatic amines is 1. The topological polar surface area (TPSA) is 92.8 Å². The Morgan fingerprint density at radius 3 is 2.50 bits per heavy atom. The lowest BCUT2D eigenvalue weighted by Crippen LogP contribution is -2.23. The molecule has 9 heteroatoms. The number of carbonyl (C=O) groups excluding carboxylic acids is 1. The van der Waals surface area contributed by atoms with Crippen molar-refractivity contribution in [3.8, 4) is 22.5 Å². The molecule has 0 saturated carbocycles. The van der Waals surface area contributed by atoms with Crippen LogP contribution in [0.5, 0.6) is 0 Å². The highest BCUT2D eigenvalue weighted by atomic mass is 32.1. The number of thiol groups is 2. The van der Waals surface area contributed by atoms with Crippen LogP contribution < -0.4 is 5.32 Å². The summed E-state index contributed by atoms with van der Waals surface area (Å²) in [5.41, 5.74) is 3.56. The number of alkyl carbamates (subject to hydrolysis) is 1. The maximum absolute atomic E-state index is 11.4. The van der Waals surface area contributed by atoms with Crippen molar-refractivity contribution in [1.29, 1.82) is 0 Å². The number of amides is 1. The summed E-state index contributed by atoms with van der Waals surface area (Å²) in [5, 5.41) is 17.0. The maximum atomic E-state index is 11.4. The van der Waals surface area contributed by atoms with Crippen LogP contribution in [0.3, 0.4) is 0 Å². The van der Waals surface area contributed by atoms with Gasteiger partial charge in [0.1, 0.15) is 6.10 Å². The SMILES string of the molecule is CC1NC(=O)OC1c1ccc(-c2ccc(S)c(S)c2-c2nn[nH]n2)cc1. The van der Waals surface area contributed by atoms with E-state index in [1.54, 1.807) is 0 Å². The Morgan fingerprint density at radius 1 is 1.12 bits per heavy atom. The summed E-state index contributed by atoms with van der Waals surface area (Å²) >= 11 is 9.00. The molecular weight excluding hydrogens is 370 g/mol. The number of cyclic esters (lactones) is 1. The van der Waals surface area contributed by atoms with Gasteiger partial charge in [0.15, 0.2) is 0 Å². The number of carbonyl (C=O) groups is 1. The first-order valence-electron chi connectivity index (χ1n) is 7.91. The van der Waals surface area contributed by atoms with Crippen molar-refractivity contribution in [2.24, 2.45) is 0 Å². The van der Waals surface area contributed by atoms with Gasteiger partial charge < -0.3 is 10.1 Å². The molecule has 1 fully saturated rings. The van der Waals surface area contributed by atoms with Gasteiger partial charge in [0.2, 0.25) is 5.82 Å². The number of nitrogens with one attached hydrogen (secondary N) is 2. The number of tetrazole rings is 1. The molecule has 1 amide bonds. The van der Waals surface area contributed by atoms with Crippen molar-refractivity contribution in [1.82, 2.24) is 25.9 Å². The molecule has 2 N–H and O–H groups in total. The molecule has 2 atom stereocenters. The van der Waals surface area contributed by atoms with Crippen molar-refractivity contribution in [3.63, 3.8) is 0 Å². The van der Waals surface area contributed by atoms with Crippen LogP contribution in [0.25, 0.3) is 22.5 Å². The zero-order valence-corrected chi connectivity index (χ0v) is 15.5. The minimum Gasteiger partial charge on any atom is -0.439 e. The van der Waals surface area contributed by atoms with Gasteiger partial charge in [-0.2, -0.15) is 5.21 Å². The van der Waals surface area contributed by atoms with Gasteiger partial charge in [-0.25, -0.2) is 4.79 Å². The Hall–Kier alpha value is -2.52. The number of ether oxygens (including phenoxy) is 1. The van der Waals surface area contributed by atoms with E-state index in [9.17, 15) is 4.79 Å². The zero-order valence-electron chi connectivity index (χ0n) is 13.7. The van der Waals surface area contributed by atoms with Crippen LogP contribution in [0.1, 0.15) is 18.6 Å². The van der Waals surface area contributed by atoms with E-state index in [0.29, 0.717) is 10.7 Å². The number of nitrogens with zero attached hydrogens (tertiary/aromatic N) is 3. The van der Waals surface area contributed by atoms with E-state index in [4.69, 9.17) is 4.74 Å². The summed E-state index contributed by atoms with van der Waals surface area (Å²) in [6.45, 7) is 1.91. The average molecular weight is 385 g/mol. The summed E-state index contributed by atoms with van der Waals surface area (Å²) in [4.78, 5) is 12.8. The van der Waals surface area contributed by atoms with E-state index in [1.165, 1.54) is 0 Å². The number of benzene rings is 2. The van der Waals surface area contributed by atoms with E-state index >= 15 is 0 Å². The molecule has 1 saturated heterocycles. The fraction of sp³-hybridized carbons (Fsp3) is 0.176. The molecule has 132 valence electrons. The molecule has 26 heavy (non-hydrogen) atoms. The highest BCUT2D eigenvalue weighted by Crippen LogP contribution is 2.38. The summed E-state index contributed by atoms with van der Waals surface area (Å²) < 4.78 is 5.32. The fourth-order valence-corrected chi connectivity index (χ4v) is 3.52. The minimum absolute atomic E-state index is 0.0734. The summed E-state index contributed by atoms with van der Waals surface area (Å²) in [5.74, 6) is 0.451. The Morgan fingerprint density at radius 2 is 1.88 bits per heavy atom. The predicted molar refractivity (Wildman–Crippen MR) is 101 cm³/mol. The first kappa shape index (κ1) is 16.9. The number of hydrogen-bond acceptors (Lipinski definition) is 7. The Labute approximate surface area is 160 Å². The van der Waals surface area contributed by atoms with Crippen molar-refractivity contribution < 1.29 is 9.53 Å². The quantitative estimate of drug-likeness (QED) is 0.519. The van der Waals surface area contributed by atoms with Gasteiger partial charge in [0.25, 0.3) is 0 Å². The molecule has 1 aliphatic heterocycles. The predicted octanol–water partition coefficient (Wildman–Crippen LogP) is 3.28. The Bertz CT molecular complexity index is 960. The molecule has 0 aliphatic carbocycles. The molecule has 2 aromatic carbocycles. The minimum atomic E-state index is -0.393. The molecule has 1 aromatic heterocycles. The lowest BCUT2D eigenvalue weighted by atomic mass is 9.96. The molecule has 0 radical (unpaired) electrons. The van der Waals surface area contributed by atoms with Crippen LogP contribution in [0.2, 0.25) is 0 Å². The number of aromatic nitrogens is 4. The molecule has 4 rings (SSSR count). The van der Waals surface area contributed by atoms with Crippen LogP contribution >= 0.6 is 25.3 Å². The maximum Gasteiger partial charge on any atom is 0.408 e. The number of hydrogen-bond donors (Lipinski definition) is 4. The van der Waals surface area contributed by atoms with E-state index < -0.39 is 6.09 Å². The number of H-pyrrole nitrogens is 1. The van der Waals surface area contributed by atoms with Crippen molar-refractivity contribution in [2.45, 2.75) is 28.9 Å². The summed E-state index contributed by atoms with van der Waals surface area (Å²) in [7, 11) is 0. The van der Waals surface area contributed by atoms with Crippen LogP contribution in [-0.2, 0) is 4.74 Å². The molecular formula is C17H15N5O2S2. The van der Waals surface area contributed by atoms with Crippen molar-refractivity contribution >= 4 is 31.4 Å². The molecule has 0 bridgehead atoms. The second-order valence-corrected chi connectivity index (χ2v) is 6.90. The molecule has 1 aliphatic rings. The molecule has 3 aromatic rings. The lowest BCUT2D eigenvalue weighted by Gasteiger charge is -2.15. The fourth-order valence-electron chi connectivity index (χ4n) is 3.04. The van der Waals surface area contributed by atoms with Crippen molar-refractivity contribution in [3.05, 3.63) is 42.0 Å². The summed E-state index contributed by atoms with van der Waals surface area (Å²) in [6.07, 6.45) is -0.691. The second kappa shape index (κ2) is 6.65. The van der Waals surface area contributed by atoms with Crippen LogP contribution in [0, 0.1) is 0 Å². The van der Waals surface area contributed by atoms with Gasteiger partial charge in [0, 0.05) is 15.4 Å².